The normalized spacial score (nSPS) is 10.0. The maximum atomic E-state index is 11.7. The van der Waals surface area contributed by atoms with E-state index in [2.05, 4.69) is 0 Å². The highest BCUT2D eigenvalue weighted by atomic mass is 16.6. The van der Waals surface area contributed by atoms with Gasteiger partial charge in [-0.05, 0) is 18.9 Å². The highest BCUT2D eigenvalue weighted by Gasteiger charge is 2.26. The molecule has 0 heterocycles. The Morgan fingerprint density at radius 2 is 1.32 bits per heavy atom. The Kier molecular flexibility index (Phi) is 6.20. The van der Waals surface area contributed by atoms with Crippen molar-refractivity contribution in [2.24, 2.45) is 17.2 Å². The summed E-state index contributed by atoms with van der Waals surface area (Å²) in [4.78, 5) is 56.6. The Labute approximate surface area is 142 Å². The molecule has 0 aromatic heterocycles. The molecule has 0 spiro atoms. The molecule has 0 atom stereocenters. The van der Waals surface area contributed by atoms with Crippen LogP contribution in [0.5, 0.6) is 11.5 Å². The first-order chi connectivity index (χ1) is 11.6. The van der Waals surface area contributed by atoms with Gasteiger partial charge in [0.05, 0.1) is 0 Å². The third-order valence-electron chi connectivity index (χ3n) is 3.22. The molecule has 0 aliphatic rings. The second-order valence-electron chi connectivity index (χ2n) is 4.79. The molecule has 0 aliphatic heterocycles. The zero-order valence-electron chi connectivity index (χ0n) is 13.6. The van der Waals surface area contributed by atoms with Crippen LogP contribution in [0.3, 0.4) is 0 Å². The molecule has 0 saturated carbocycles. The number of rotatable bonds is 5. The van der Waals surface area contributed by atoms with Crippen LogP contribution in [-0.2, 0) is 32.0 Å². The predicted octanol–water partition coefficient (Wildman–Crippen LogP) is -1.31. The average Bonchev–Trinajstić information content (AvgIpc) is 2.53. The van der Waals surface area contributed by atoms with Crippen LogP contribution in [0.1, 0.15) is 35.3 Å². The van der Waals surface area contributed by atoms with Gasteiger partial charge in [0.1, 0.15) is 11.5 Å². The Hall–Kier alpha value is -3.43. The molecule has 1 rings (SSSR count). The fourth-order valence-electron chi connectivity index (χ4n) is 2.13. The third kappa shape index (κ3) is 4.31. The van der Waals surface area contributed by atoms with E-state index in [1.54, 1.807) is 13.8 Å². The van der Waals surface area contributed by atoms with Crippen molar-refractivity contribution >= 4 is 29.7 Å². The summed E-state index contributed by atoms with van der Waals surface area (Å²) < 4.78 is 9.81. The summed E-state index contributed by atoms with van der Waals surface area (Å²) >= 11 is 0. The Bertz CT molecular complexity index is 771. The predicted molar refractivity (Wildman–Crippen MR) is 83.4 cm³/mol. The van der Waals surface area contributed by atoms with Gasteiger partial charge in [-0.15, -0.1) is 0 Å². The molecule has 0 fully saturated rings. The van der Waals surface area contributed by atoms with Crippen LogP contribution in [0.25, 0.3) is 0 Å². The summed E-state index contributed by atoms with van der Waals surface area (Å²) in [6.45, 7) is 3.28. The topological polar surface area (TPSA) is 182 Å². The molecule has 0 saturated heterocycles. The lowest BCUT2D eigenvalue weighted by atomic mass is 9.97. The van der Waals surface area contributed by atoms with Crippen molar-refractivity contribution in [3.63, 3.8) is 0 Å². The number of ether oxygens (including phenoxy) is 2. The standard InChI is InChI=1S/C15H17N3O7/c1-3-6-8(11(16)19)5-9(24-14(22)12(17)20)7(4-2)10(6)25-15(23)13(18)21/h5H,3-4H2,1-2H3,(H2,16,19)(H2,17,20)(H2,18,21). The summed E-state index contributed by atoms with van der Waals surface area (Å²) in [5, 5.41) is 0. The van der Waals surface area contributed by atoms with Gasteiger partial charge in [-0.1, -0.05) is 13.8 Å². The minimum Gasteiger partial charge on any atom is -0.419 e. The van der Waals surface area contributed by atoms with E-state index in [9.17, 15) is 24.0 Å². The van der Waals surface area contributed by atoms with E-state index in [1.165, 1.54) is 0 Å². The number of carbonyl (C=O) groups is 5. The molecule has 1 aromatic rings. The van der Waals surface area contributed by atoms with E-state index >= 15 is 0 Å². The molecule has 0 aliphatic carbocycles. The molecule has 0 radical (unpaired) electrons. The largest absolute Gasteiger partial charge is 0.419 e. The molecule has 0 unspecified atom stereocenters. The quantitative estimate of drug-likeness (QED) is 0.334. The minimum atomic E-state index is -1.39. The summed E-state index contributed by atoms with van der Waals surface area (Å²) in [6.07, 6.45) is 0.367. The zero-order chi connectivity index (χ0) is 19.3. The van der Waals surface area contributed by atoms with Crippen LogP contribution in [0.4, 0.5) is 0 Å². The van der Waals surface area contributed by atoms with Gasteiger partial charge in [0.2, 0.25) is 5.91 Å². The summed E-state index contributed by atoms with van der Waals surface area (Å²) in [7, 11) is 0. The number of amides is 3. The first kappa shape index (κ1) is 19.6. The SMILES string of the molecule is CCc1c(OC(=O)C(N)=O)cc(C(N)=O)c(CC)c1OC(=O)C(N)=O. The van der Waals surface area contributed by atoms with Gasteiger partial charge in [0.15, 0.2) is 0 Å². The van der Waals surface area contributed by atoms with Gasteiger partial charge in [-0.3, -0.25) is 14.4 Å². The fourth-order valence-corrected chi connectivity index (χ4v) is 2.13. The molecule has 134 valence electrons. The lowest BCUT2D eigenvalue weighted by Gasteiger charge is -2.18. The zero-order valence-corrected chi connectivity index (χ0v) is 13.6. The maximum Gasteiger partial charge on any atom is 0.401 e. The summed E-state index contributed by atoms with van der Waals surface area (Å²) in [5.41, 5.74) is 15.3. The highest BCUT2D eigenvalue weighted by Crippen LogP contribution is 2.36. The molecule has 1 aromatic carbocycles. The van der Waals surface area contributed by atoms with Crippen molar-refractivity contribution < 1.29 is 33.4 Å². The average molecular weight is 351 g/mol. The van der Waals surface area contributed by atoms with E-state index in [4.69, 9.17) is 26.7 Å². The third-order valence-corrected chi connectivity index (χ3v) is 3.22. The van der Waals surface area contributed by atoms with Crippen LogP contribution >= 0.6 is 0 Å². The van der Waals surface area contributed by atoms with E-state index in [0.717, 1.165) is 6.07 Å². The summed E-state index contributed by atoms with van der Waals surface area (Å²) in [5.74, 6) is -6.81. The van der Waals surface area contributed by atoms with Crippen molar-refractivity contribution in [1.29, 1.82) is 0 Å². The van der Waals surface area contributed by atoms with Crippen molar-refractivity contribution in [2.75, 3.05) is 0 Å². The first-order valence-electron chi connectivity index (χ1n) is 7.15. The van der Waals surface area contributed by atoms with Crippen LogP contribution < -0.4 is 26.7 Å². The number of primary amides is 3. The van der Waals surface area contributed by atoms with E-state index in [-0.39, 0.29) is 41.0 Å². The van der Waals surface area contributed by atoms with Crippen LogP contribution in [0.2, 0.25) is 0 Å². The maximum absolute atomic E-state index is 11.7. The van der Waals surface area contributed by atoms with Gasteiger partial charge in [-0.2, -0.15) is 0 Å². The molecule has 6 N–H and O–H groups in total. The summed E-state index contributed by atoms with van der Waals surface area (Å²) in [6, 6.07) is 1.14. The van der Waals surface area contributed by atoms with Crippen LogP contribution in [-0.4, -0.2) is 29.7 Å². The lowest BCUT2D eigenvalue weighted by molar-refractivity contribution is -0.147. The molecule has 3 amide bonds. The number of carbonyl (C=O) groups excluding carboxylic acids is 5. The fraction of sp³-hybridized carbons (Fsp3) is 0.267. The van der Waals surface area contributed by atoms with Crippen LogP contribution in [0, 0.1) is 0 Å². The molecular weight excluding hydrogens is 334 g/mol. The van der Waals surface area contributed by atoms with Gasteiger partial charge < -0.3 is 26.7 Å². The Morgan fingerprint density at radius 1 is 0.840 bits per heavy atom. The number of esters is 2. The van der Waals surface area contributed by atoms with E-state index < -0.39 is 29.7 Å². The first-order valence-corrected chi connectivity index (χ1v) is 7.15. The van der Waals surface area contributed by atoms with Gasteiger partial charge in [0, 0.05) is 16.7 Å². The van der Waals surface area contributed by atoms with E-state index in [1.807, 2.05) is 0 Å². The lowest BCUT2D eigenvalue weighted by Crippen LogP contribution is -2.30. The second kappa shape index (κ2) is 7.90. The van der Waals surface area contributed by atoms with Gasteiger partial charge in [0.25, 0.3) is 0 Å². The van der Waals surface area contributed by atoms with E-state index in [0.29, 0.717) is 0 Å². The van der Waals surface area contributed by atoms with Crippen molar-refractivity contribution in [2.45, 2.75) is 26.7 Å². The Balaban J connectivity index is 3.68. The molecule has 25 heavy (non-hydrogen) atoms. The molecular formula is C15H17N3O7. The number of nitrogens with two attached hydrogens (primary N) is 3. The molecule has 0 bridgehead atoms. The number of hydrogen-bond donors (Lipinski definition) is 3. The van der Waals surface area contributed by atoms with Gasteiger partial charge >= 0.3 is 23.8 Å². The molecule has 10 nitrogen and oxygen atoms in total. The second-order valence-corrected chi connectivity index (χ2v) is 4.79. The number of hydrogen-bond acceptors (Lipinski definition) is 7. The highest BCUT2D eigenvalue weighted by molar-refractivity contribution is 6.33. The van der Waals surface area contributed by atoms with Crippen LogP contribution in [0.15, 0.2) is 6.07 Å². The minimum absolute atomic E-state index is 0.112. The number of benzene rings is 1. The van der Waals surface area contributed by atoms with Crippen molar-refractivity contribution in [3.8, 4) is 11.5 Å². The van der Waals surface area contributed by atoms with Gasteiger partial charge in [-0.25, -0.2) is 9.59 Å². The Morgan fingerprint density at radius 3 is 1.72 bits per heavy atom. The monoisotopic (exact) mass is 351 g/mol. The molecule has 10 heteroatoms. The smallest absolute Gasteiger partial charge is 0.401 e. The van der Waals surface area contributed by atoms with Crippen molar-refractivity contribution in [1.82, 2.24) is 0 Å². The van der Waals surface area contributed by atoms with Crippen molar-refractivity contribution in [3.05, 3.63) is 22.8 Å².